The highest BCUT2D eigenvalue weighted by molar-refractivity contribution is 5.87. The third-order valence-corrected chi connectivity index (χ3v) is 9.29. The average Bonchev–Trinajstić information content (AvgIpc) is 3.54. The van der Waals surface area contributed by atoms with Crippen LogP contribution in [0.25, 0.3) is 0 Å². The molecule has 2 saturated carbocycles. The molecule has 2 bridgehead atoms. The van der Waals surface area contributed by atoms with E-state index in [2.05, 4.69) is 11.8 Å². The van der Waals surface area contributed by atoms with Crippen LogP contribution in [0.5, 0.6) is 11.5 Å². The van der Waals surface area contributed by atoms with Crippen LogP contribution in [0.4, 0.5) is 0 Å². The molecule has 178 valence electrons. The number of ether oxygens (including phenoxy) is 1. The van der Waals surface area contributed by atoms with Gasteiger partial charge in [0.25, 0.3) is 0 Å². The Hall–Kier alpha value is -2.05. The van der Waals surface area contributed by atoms with Gasteiger partial charge in [0.05, 0.1) is 17.1 Å². The van der Waals surface area contributed by atoms with Crippen molar-refractivity contribution in [2.45, 2.75) is 87.5 Å². The molecule has 0 radical (unpaired) electrons. The molecule has 1 spiro atoms. The van der Waals surface area contributed by atoms with E-state index in [4.69, 9.17) is 4.74 Å². The van der Waals surface area contributed by atoms with E-state index in [1.165, 1.54) is 18.4 Å². The van der Waals surface area contributed by atoms with Gasteiger partial charge in [-0.25, -0.2) is 0 Å². The zero-order chi connectivity index (χ0) is 23.0. The lowest BCUT2D eigenvalue weighted by atomic mass is 9.48. The van der Waals surface area contributed by atoms with E-state index < -0.39 is 11.0 Å². The molecular formula is C27H36N2O4. The topological polar surface area (TPSA) is 73.2 Å². The normalized spacial score (nSPS) is 36.5. The molecular weight excluding hydrogens is 416 g/mol. The number of aromatic hydroxyl groups is 1. The smallest absolute Gasteiger partial charge is 0.246 e. The fraction of sp³-hybridized carbons (Fsp3) is 0.667. The summed E-state index contributed by atoms with van der Waals surface area (Å²) in [4.78, 5) is 17.4. The van der Waals surface area contributed by atoms with Crippen molar-refractivity contribution in [2.24, 2.45) is 5.92 Å². The number of carbonyl (C=O) groups is 1. The van der Waals surface area contributed by atoms with Gasteiger partial charge in [-0.1, -0.05) is 25.5 Å². The van der Waals surface area contributed by atoms with Crippen LogP contribution in [0.3, 0.4) is 0 Å². The second-order valence-corrected chi connectivity index (χ2v) is 11.0. The van der Waals surface area contributed by atoms with Crippen LogP contribution in [0.15, 0.2) is 24.3 Å². The van der Waals surface area contributed by atoms with Gasteiger partial charge in [0, 0.05) is 25.2 Å². The first-order valence-electron chi connectivity index (χ1n) is 12.8. The zero-order valence-electron chi connectivity index (χ0n) is 19.8. The van der Waals surface area contributed by atoms with Crippen LogP contribution < -0.4 is 4.74 Å². The van der Waals surface area contributed by atoms with Crippen molar-refractivity contribution in [3.8, 4) is 11.5 Å². The fourth-order valence-corrected chi connectivity index (χ4v) is 7.48. The molecule has 33 heavy (non-hydrogen) atoms. The van der Waals surface area contributed by atoms with Gasteiger partial charge < -0.3 is 19.8 Å². The summed E-state index contributed by atoms with van der Waals surface area (Å²) in [5.41, 5.74) is 0.724. The first-order valence-corrected chi connectivity index (χ1v) is 12.8. The summed E-state index contributed by atoms with van der Waals surface area (Å²) >= 11 is 0. The minimum absolute atomic E-state index is 0.0159. The number of hydrogen-bond acceptors (Lipinski definition) is 5. The maximum absolute atomic E-state index is 13.0. The SMILES string of the molecule is CCC/C=C/C(=O)N(C)[C@H]1CC[C@@]2(O)[C@@H]3Cc4ccc(O)c5c4[C@@]2(CCN3CC2CC2)[C@H]1O5. The van der Waals surface area contributed by atoms with Gasteiger partial charge in [-0.3, -0.25) is 9.69 Å². The molecule has 6 nitrogen and oxygen atoms in total. The van der Waals surface area contributed by atoms with E-state index in [0.717, 1.165) is 50.3 Å². The summed E-state index contributed by atoms with van der Waals surface area (Å²) in [7, 11) is 1.86. The number of piperidine rings is 1. The number of hydrogen-bond donors (Lipinski definition) is 2. The number of unbranched alkanes of at least 4 members (excludes halogenated alkanes) is 1. The molecule has 1 saturated heterocycles. The number of rotatable bonds is 6. The number of phenols is 1. The highest BCUT2D eigenvalue weighted by atomic mass is 16.5. The average molecular weight is 453 g/mol. The molecule has 2 heterocycles. The lowest BCUT2D eigenvalue weighted by Crippen LogP contribution is -2.78. The summed E-state index contributed by atoms with van der Waals surface area (Å²) in [5, 5.41) is 23.2. The number of phenolic OH excluding ortho intramolecular Hbond substituents is 1. The number of likely N-dealkylation sites (N-methyl/N-ethyl adjacent to an activating group) is 1. The number of carbonyl (C=O) groups excluding carboxylic acids is 1. The molecule has 2 aliphatic heterocycles. The molecule has 5 atom stereocenters. The molecule has 1 aromatic carbocycles. The number of allylic oxidation sites excluding steroid dienone is 1. The maximum atomic E-state index is 13.0. The van der Waals surface area contributed by atoms with E-state index >= 15 is 0 Å². The van der Waals surface area contributed by atoms with Crippen molar-refractivity contribution in [3.05, 3.63) is 35.4 Å². The molecule has 1 amide bonds. The lowest BCUT2D eigenvalue weighted by Gasteiger charge is -2.64. The Morgan fingerprint density at radius 2 is 2.12 bits per heavy atom. The zero-order valence-corrected chi connectivity index (χ0v) is 19.8. The van der Waals surface area contributed by atoms with E-state index in [-0.39, 0.29) is 29.8 Å². The van der Waals surface area contributed by atoms with Gasteiger partial charge in [-0.15, -0.1) is 0 Å². The number of amides is 1. The van der Waals surface area contributed by atoms with Gasteiger partial charge in [0.2, 0.25) is 5.91 Å². The van der Waals surface area contributed by atoms with Crippen LogP contribution in [0.2, 0.25) is 0 Å². The van der Waals surface area contributed by atoms with Crippen molar-refractivity contribution < 1.29 is 19.7 Å². The second kappa shape index (κ2) is 7.47. The Kier molecular flexibility index (Phi) is 4.87. The molecule has 0 aromatic heterocycles. The Morgan fingerprint density at radius 1 is 1.30 bits per heavy atom. The molecule has 3 fully saturated rings. The highest BCUT2D eigenvalue weighted by Crippen LogP contribution is 2.66. The Bertz CT molecular complexity index is 1000. The van der Waals surface area contributed by atoms with Crippen molar-refractivity contribution in [1.29, 1.82) is 0 Å². The third kappa shape index (κ3) is 2.89. The first kappa shape index (κ1) is 21.5. The number of nitrogens with zero attached hydrogens (tertiary/aromatic N) is 2. The monoisotopic (exact) mass is 452 g/mol. The highest BCUT2D eigenvalue weighted by Gasteiger charge is 2.73. The van der Waals surface area contributed by atoms with Crippen LogP contribution in [-0.4, -0.2) is 69.8 Å². The van der Waals surface area contributed by atoms with Gasteiger partial charge in [-0.2, -0.15) is 0 Å². The van der Waals surface area contributed by atoms with Gasteiger partial charge in [0.15, 0.2) is 11.5 Å². The van der Waals surface area contributed by atoms with Crippen molar-refractivity contribution in [3.63, 3.8) is 0 Å². The predicted octanol–water partition coefficient (Wildman–Crippen LogP) is 3.14. The molecule has 5 aliphatic rings. The van der Waals surface area contributed by atoms with Crippen LogP contribution in [-0.2, 0) is 16.6 Å². The van der Waals surface area contributed by atoms with E-state index in [1.54, 1.807) is 12.1 Å². The maximum Gasteiger partial charge on any atom is 0.246 e. The van der Waals surface area contributed by atoms with Gasteiger partial charge >= 0.3 is 0 Å². The summed E-state index contributed by atoms with van der Waals surface area (Å²) < 4.78 is 6.57. The van der Waals surface area contributed by atoms with Gasteiger partial charge in [0.1, 0.15) is 6.10 Å². The molecule has 3 aliphatic carbocycles. The molecule has 1 aromatic rings. The van der Waals surface area contributed by atoms with Crippen molar-refractivity contribution >= 4 is 5.91 Å². The predicted molar refractivity (Wildman–Crippen MR) is 125 cm³/mol. The fourth-order valence-electron chi connectivity index (χ4n) is 7.48. The molecule has 6 rings (SSSR count). The van der Waals surface area contributed by atoms with E-state index in [1.807, 2.05) is 24.1 Å². The minimum Gasteiger partial charge on any atom is -0.504 e. The molecule has 0 unspecified atom stereocenters. The van der Waals surface area contributed by atoms with Crippen molar-refractivity contribution in [1.82, 2.24) is 9.80 Å². The summed E-state index contributed by atoms with van der Waals surface area (Å²) in [6.45, 7) is 4.10. The van der Waals surface area contributed by atoms with Crippen LogP contribution >= 0.6 is 0 Å². The summed E-state index contributed by atoms with van der Waals surface area (Å²) in [6, 6.07) is 3.69. The first-order chi connectivity index (χ1) is 15.9. The minimum atomic E-state index is -0.907. The molecule has 2 N–H and O–H groups in total. The van der Waals surface area contributed by atoms with Crippen molar-refractivity contribution in [2.75, 3.05) is 20.1 Å². The lowest BCUT2D eigenvalue weighted by molar-refractivity contribution is -0.200. The standard InChI is InChI=1S/C27H36N2O4/c1-3-4-5-6-22(31)28(2)19-11-12-27(32)21-15-18-9-10-20(30)24-23(18)26(27,25(19)33-24)13-14-29(21)16-17-7-8-17/h5-6,9-10,17,19,21,25,30,32H,3-4,7-8,11-16H2,1-2H3/b6-5+/t19-,21-,25-,26-,27+/m0/s1. The number of benzene rings is 1. The summed E-state index contributed by atoms with van der Waals surface area (Å²) in [5.74, 6) is 1.44. The number of aliphatic hydroxyl groups is 1. The van der Waals surface area contributed by atoms with E-state index in [0.29, 0.717) is 18.6 Å². The third-order valence-electron chi connectivity index (χ3n) is 9.29. The largest absolute Gasteiger partial charge is 0.504 e. The quantitative estimate of drug-likeness (QED) is 0.649. The summed E-state index contributed by atoms with van der Waals surface area (Å²) in [6.07, 6.45) is 10.7. The van der Waals surface area contributed by atoms with Gasteiger partial charge in [-0.05, 0) is 75.1 Å². The Balaban J connectivity index is 1.42. The van der Waals surface area contributed by atoms with Crippen LogP contribution in [0, 0.1) is 5.92 Å². The van der Waals surface area contributed by atoms with Crippen LogP contribution in [0.1, 0.15) is 63.0 Å². The Labute approximate surface area is 196 Å². The second-order valence-electron chi connectivity index (χ2n) is 11.0. The van der Waals surface area contributed by atoms with E-state index in [9.17, 15) is 15.0 Å². The molecule has 6 heteroatoms. The Morgan fingerprint density at radius 3 is 2.88 bits per heavy atom. The number of likely N-dealkylation sites (tertiary alicyclic amines) is 1.